The van der Waals surface area contributed by atoms with Gasteiger partial charge in [-0.15, -0.1) is 0 Å². The van der Waals surface area contributed by atoms with E-state index in [0.717, 1.165) is 35.7 Å². The molecule has 3 N–H and O–H groups in total. The molecule has 55 heavy (non-hydrogen) atoms. The minimum Gasteiger partial charge on any atom is -0.481 e. The average molecular weight is 759 g/mol. The first-order chi connectivity index (χ1) is 26.6. The monoisotopic (exact) mass is 758 g/mol. The number of benzene rings is 1. The van der Waals surface area contributed by atoms with Gasteiger partial charge in [0.2, 0.25) is 17.4 Å². The number of para-hydroxylation sites is 1. The molecule has 0 spiro atoms. The molecular weight excluding hydrogens is 704 g/mol. The highest BCUT2D eigenvalue weighted by Crippen LogP contribution is 2.41. The topological polar surface area (TPSA) is 183 Å². The van der Waals surface area contributed by atoms with Crippen molar-refractivity contribution < 1.29 is 38.6 Å². The van der Waals surface area contributed by atoms with E-state index in [2.05, 4.69) is 17.6 Å². The Kier molecular flexibility index (Phi) is 14.6. The van der Waals surface area contributed by atoms with Crippen LogP contribution in [0, 0.1) is 0 Å². The summed E-state index contributed by atoms with van der Waals surface area (Å²) in [6.07, 6.45) is 14.4. The molecule has 2 amide bonds. The summed E-state index contributed by atoms with van der Waals surface area (Å²) < 4.78 is 12.7. The second-order valence-corrected chi connectivity index (χ2v) is 14.7. The van der Waals surface area contributed by atoms with Crippen molar-refractivity contribution in [3.63, 3.8) is 0 Å². The number of rotatable bonds is 22. The molecule has 2 aliphatic heterocycles. The molecule has 4 heterocycles. The van der Waals surface area contributed by atoms with E-state index in [9.17, 15) is 33.9 Å². The molecule has 296 valence electrons. The fraction of sp³-hybridized carbons (Fsp3) is 0.548. The Bertz CT molecular complexity index is 1940. The van der Waals surface area contributed by atoms with Crippen LogP contribution in [0.1, 0.15) is 133 Å². The average Bonchev–Trinajstić information content (AvgIpc) is 3.53. The Hall–Kier alpha value is -5.07. The van der Waals surface area contributed by atoms with Crippen LogP contribution in [0.25, 0.3) is 22.3 Å². The smallest absolute Gasteiger partial charge is 0.355 e. The van der Waals surface area contributed by atoms with E-state index in [-0.39, 0.29) is 37.1 Å². The van der Waals surface area contributed by atoms with Crippen LogP contribution in [0.5, 0.6) is 0 Å². The number of cyclic esters (lactones) is 1. The third kappa shape index (κ3) is 10.2. The number of amides is 2. The fourth-order valence-electron chi connectivity index (χ4n) is 7.55. The number of carboxylic acid groups (broad SMARTS) is 1. The summed E-state index contributed by atoms with van der Waals surface area (Å²) >= 11 is 0. The van der Waals surface area contributed by atoms with Crippen molar-refractivity contribution in [2.75, 3.05) is 6.54 Å². The molecule has 0 saturated carbocycles. The number of hydrogen-bond acceptors (Lipinski definition) is 9. The third-order valence-corrected chi connectivity index (χ3v) is 10.6. The van der Waals surface area contributed by atoms with Gasteiger partial charge in [0.05, 0.1) is 35.4 Å². The number of esters is 2. The maximum atomic E-state index is 13.8. The minimum absolute atomic E-state index is 0.0731. The van der Waals surface area contributed by atoms with Crippen LogP contribution in [0.3, 0.4) is 0 Å². The molecule has 0 fully saturated rings. The number of aliphatic carboxylic acids is 1. The second-order valence-electron chi connectivity index (χ2n) is 14.7. The third-order valence-electron chi connectivity index (χ3n) is 10.6. The Labute approximate surface area is 321 Å². The fourth-order valence-corrected chi connectivity index (χ4v) is 7.55. The largest absolute Gasteiger partial charge is 0.481 e. The lowest BCUT2D eigenvalue weighted by atomic mass is 9.85. The Balaban J connectivity index is 1.14. The van der Waals surface area contributed by atoms with Crippen molar-refractivity contribution in [2.24, 2.45) is 0 Å². The highest BCUT2D eigenvalue weighted by atomic mass is 16.6. The summed E-state index contributed by atoms with van der Waals surface area (Å²) in [5, 5.41) is 15.2. The number of unbranched alkanes of at least 4 members (excludes halogenated alkanes) is 12. The number of hydrogen-bond donors (Lipinski definition) is 3. The number of nitrogens with zero attached hydrogens (tertiary/aromatic N) is 2. The molecule has 0 aliphatic carbocycles. The summed E-state index contributed by atoms with van der Waals surface area (Å²) in [4.78, 5) is 82.5. The zero-order chi connectivity index (χ0) is 39.4. The Morgan fingerprint density at radius 3 is 2.24 bits per heavy atom. The molecular formula is C42H54N4O9. The van der Waals surface area contributed by atoms with Crippen molar-refractivity contribution >= 4 is 40.6 Å². The summed E-state index contributed by atoms with van der Waals surface area (Å²) in [6, 6.07) is 9.77. The van der Waals surface area contributed by atoms with Gasteiger partial charge < -0.3 is 29.8 Å². The van der Waals surface area contributed by atoms with E-state index < -0.39 is 59.9 Å². The van der Waals surface area contributed by atoms with Crippen molar-refractivity contribution in [1.29, 1.82) is 0 Å². The summed E-state index contributed by atoms with van der Waals surface area (Å²) in [6.45, 7) is 3.09. The maximum Gasteiger partial charge on any atom is 0.355 e. The summed E-state index contributed by atoms with van der Waals surface area (Å²) in [5.74, 6) is -4.53. The molecule has 2 aromatic heterocycles. The molecule has 3 aromatic rings. The van der Waals surface area contributed by atoms with Crippen molar-refractivity contribution in [1.82, 2.24) is 20.2 Å². The second kappa shape index (κ2) is 19.5. The molecule has 2 atom stereocenters. The molecule has 0 saturated heterocycles. The standard InChI is InChI=1S/C42H54N4O9/c1-3-5-6-7-8-9-10-11-12-13-14-15-16-21-35(47)44-33(24-36(48)49)39(51)43-25-37(50)55-42(4-2)31-23-34-38-29(22-28-19-17-18-20-32(28)45-38)26-46(34)40(52)30(31)27-54-41(42)53/h17-20,22-23,33H,3-16,21,24-27H2,1-2H3,(H,43,51)(H,44,47)(H,48,49)/t33-,42+/m1/s1. The van der Waals surface area contributed by atoms with Gasteiger partial charge in [-0.1, -0.05) is 109 Å². The van der Waals surface area contributed by atoms with Crippen LogP contribution in [-0.2, 0) is 52.2 Å². The predicted molar refractivity (Wildman–Crippen MR) is 206 cm³/mol. The van der Waals surface area contributed by atoms with Crippen molar-refractivity contribution in [2.45, 2.75) is 141 Å². The number of pyridine rings is 2. The van der Waals surface area contributed by atoms with Crippen molar-refractivity contribution in [3.8, 4) is 11.4 Å². The van der Waals surface area contributed by atoms with Crippen LogP contribution < -0.4 is 16.2 Å². The van der Waals surface area contributed by atoms with E-state index in [1.807, 2.05) is 30.3 Å². The number of carboxylic acids is 1. The quantitative estimate of drug-likeness (QED) is 0.0618. The van der Waals surface area contributed by atoms with Crippen LogP contribution in [-0.4, -0.2) is 57.0 Å². The Morgan fingerprint density at radius 2 is 1.58 bits per heavy atom. The summed E-state index contributed by atoms with van der Waals surface area (Å²) in [7, 11) is 0. The van der Waals surface area contributed by atoms with E-state index >= 15 is 0 Å². The lowest BCUT2D eigenvalue weighted by Crippen LogP contribution is -2.51. The normalized spacial score (nSPS) is 16.1. The van der Waals surface area contributed by atoms with Gasteiger partial charge in [0, 0.05) is 22.9 Å². The highest BCUT2D eigenvalue weighted by molar-refractivity contribution is 5.93. The minimum atomic E-state index is -1.98. The highest BCUT2D eigenvalue weighted by Gasteiger charge is 2.50. The molecule has 1 aromatic carbocycles. The lowest BCUT2D eigenvalue weighted by Gasteiger charge is -2.35. The van der Waals surface area contributed by atoms with Gasteiger partial charge in [-0.25, -0.2) is 9.78 Å². The van der Waals surface area contributed by atoms with Crippen LogP contribution in [0.4, 0.5) is 0 Å². The van der Waals surface area contributed by atoms with E-state index in [1.165, 1.54) is 57.8 Å². The van der Waals surface area contributed by atoms with Crippen LogP contribution in [0.2, 0.25) is 0 Å². The van der Waals surface area contributed by atoms with Crippen LogP contribution >= 0.6 is 0 Å². The molecule has 0 bridgehead atoms. The number of nitrogens with one attached hydrogen (secondary N) is 2. The molecule has 0 unspecified atom stereocenters. The molecule has 2 aliphatic rings. The number of aromatic nitrogens is 2. The number of carbonyl (C=O) groups is 5. The van der Waals surface area contributed by atoms with Gasteiger partial charge in [0.1, 0.15) is 19.2 Å². The zero-order valence-electron chi connectivity index (χ0n) is 32.1. The predicted octanol–water partition coefficient (Wildman–Crippen LogP) is 6.19. The lowest BCUT2D eigenvalue weighted by molar-refractivity contribution is -0.189. The maximum absolute atomic E-state index is 13.8. The summed E-state index contributed by atoms with van der Waals surface area (Å²) in [5.41, 5.74) is 0.622. The molecule has 0 radical (unpaired) electrons. The number of fused-ring (bicyclic) bond motifs is 5. The van der Waals surface area contributed by atoms with Gasteiger partial charge >= 0.3 is 17.9 Å². The SMILES string of the molecule is CCCCCCCCCCCCCCCC(=O)N[C@H](CC(=O)O)C(=O)NCC(=O)O[C@]1(CC)C(=O)OCc2c1cc1n(c2=O)Cc2cc3ccccc3nc2-1. The molecule has 13 heteroatoms. The van der Waals surface area contributed by atoms with Gasteiger partial charge in [0.15, 0.2) is 0 Å². The number of ether oxygens (including phenoxy) is 2. The van der Waals surface area contributed by atoms with Gasteiger partial charge in [-0.05, 0) is 31.0 Å². The van der Waals surface area contributed by atoms with Gasteiger partial charge in [0.25, 0.3) is 5.56 Å². The number of carbonyl (C=O) groups excluding carboxylic acids is 4. The molecule has 5 rings (SSSR count). The van der Waals surface area contributed by atoms with Crippen molar-refractivity contribution in [3.05, 3.63) is 63.4 Å². The first-order valence-electron chi connectivity index (χ1n) is 19.9. The van der Waals surface area contributed by atoms with E-state index in [1.54, 1.807) is 17.6 Å². The molecule has 13 nitrogen and oxygen atoms in total. The first kappa shape index (κ1) is 41.1. The van der Waals surface area contributed by atoms with Gasteiger partial charge in [-0.2, -0.15) is 0 Å². The zero-order valence-corrected chi connectivity index (χ0v) is 32.1. The van der Waals surface area contributed by atoms with E-state index in [4.69, 9.17) is 14.5 Å². The van der Waals surface area contributed by atoms with Crippen LogP contribution in [0.15, 0.2) is 41.2 Å². The van der Waals surface area contributed by atoms with E-state index in [0.29, 0.717) is 17.8 Å². The Morgan fingerprint density at radius 1 is 0.927 bits per heavy atom. The van der Waals surface area contributed by atoms with Gasteiger partial charge in [-0.3, -0.25) is 24.0 Å². The first-order valence-corrected chi connectivity index (χ1v) is 19.9.